The first-order chi connectivity index (χ1) is 22.8. The average molecular weight is 715 g/mol. The summed E-state index contributed by atoms with van der Waals surface area (Å²) in [7, 11) is -4.31. The molecule has 0 N–H and O–H groups in total. The van der Waals surface area contributed by atoms with Crippen LogP contribution in [-0.2, 0) is 20.0 Å². The van der Waals surface area contributed by atoms with E-state index < -0.39 is 25.9 Å². The maximum absolute atomic E-state index is 13.3. The fourth-order valence-corrected chi connectivity index (χ4v) is 5.27. The molecule has 11 nitrogen and oxygen atoms in total. The highest BCUT2D eigenvalue weighted by Crippen LogP contribution is 2.32. The van der Waals surface area contributed by atoms with Crippen LogP contribution in [0.4, 0.5) is 20.7 Å². The molecule has 4 rings (SSSR count). The van der Waals surface area contributed by atoms with Crippen molar-refractivity contribution in [2.45, 2.75) is 46.5 Å². The minimum absolute atomic E-state index is 0.0360. The summed E-state index contributed by atoms with van der Waals surface area (Å²) in [5, 5.41) is 0. The second kappa shape index (κ2) is 15.7. The van der Waals surface area contributed by atoms with E-state index in [1.165, 1.54) is 50.5 Å². The second-order valence-corrected chi connectivity index (χ2v) is 15.8. The largest absolute Gasteiger partial charge is 0.298 e. The number of carbonyl (C=O) groups is 1. The zero-order valence-electron chi connectivity index (χ0n) is 28.8. The van der Waals surface area contributed by atoms with Gasteiger partial charge in [-0.05, 0) is 67.3 Å². The van der Waals surface area contributed by atoms with Gasteiger partial charge < -0.3 is 0 Å². The Morgan fingerprint density at radius 1 is 0.633 bits per heavy atom. The molecule has 262 valence electrons. The van der Waals surface area contributed by atoms with E-state index in [2.05, 4.69) is 19.9 Å². The third-order valence-corrected chi connectivity index (χ3v) is 9.58. The van der Waals surface area contributed by atoms with Crippen LogP contribution in [0.1, 0.15) is 73.8 Å². The average Bonchev–Trinajstić information content (AvgIpc) is 3.03. The number of allylic oxidation sites excluding steroid dienone is 1. The van der Waals surface area contributed by atoms with Gasteiger partial charge in [-0.2, -0.15) is 0 Å². The van der Waals surface area contributed by atoms with Crippen LogP contribution in [0.25, 0.3) is 28.6 Å². The summed E-state index contributed by atoms with van der Waals surface area (Å²) >= 11 is 0. The zero-order chi connectivity index (χ0) is 36.8. The number of aldehydes is 1. The van der Waals surface area contributed by atoms with Gasteiger partial charge >= 0.3 is 0 Å². The summed E-state index contributed by atoms with van der Waals surface area (Å²) in [5.41, 5.74) is 4.28. The molecule has 0 atom stereocenters. The number of sulfonamides is 2. The maximum Gasteiger partial charge on any atom is 0.239 e. The molecule has 2 aromatic heterocycles. The van der Waals surface area contributed by atoms with Gasteiger partial charge in [-0.15, -0.1) is 0 Å². The van der Waals surface area contributed by atoms with E-state index in [4.69, 9.17) is 0 Å². The normalized spacial score (nSPS) is 11.9. The van der Waals surface area contributed by atoms with Crippen molar-refractivity contribution in [3.8, 4) is 22.5 Å². The smallest absolute Gasteiger partial charge is 0.239 e. The first-order valence-electron chi connectivity index (χ1n) is 15.1. The minimum Gasteiger partial charge on any atom is -0.298 e. The van der Waals surface area contributed by atoms with Crippen molar-refractivity contribution >= 4 is 44.3 Å². The molecule has 4 aromatic rings. The summed E-state index contributed by atoms with van der Waals surface area (Å²) in [6.45, 7) is 9.53. The van der Waals surface area contributed by atoms with Crippen LogP contribution >= 0.6 is 0 Å². The third-order valence-electron chi connectivity index (χ3n) is 7.27. The predicted molar refractivity (Wildman–Crippen MR) is 190 cm³/mol. The molecule has 0 amide bonds. The number of rotatable bonds is 10. The van der Waals surface area contributed by atoms with Crippen LogP contribution in [0.2, 0.25) is 0 Å². The number of nitrogens with zero attached hydrogens (tertiary/aromatic N) is 6. The molecule has 0 aliphatic carbocycles. The maximum atomic E-state index is 13.3. The summed E-state index contributed by atoms with van der Waals surface area (Å²) in [6, 6.07) is 11.4. The highest BCUT2D eigenvalue weighted by atomic mass is 32.2. The first kappa shape index (κ1) is 38.8. The molecular weight excluding hydrogens is 675 g/mol. The van der Waals surface area contributed by atoms with E-state index in [9.17, 15) is 30.4 Å². The van der Waals surface area contributed by atoms with Gasteiger partial charge in [0.05, 0.1) is 40.9 Å². The third kappa shape index (κ3) is 9.50. The van der Waals surface area contributed by atoms with Crippen LogP contribution in [-0.4, -0.2) is 69.7 Å². The SMILES string of the molecule is CC(C)c1nc(N(C)S(C)(=O)=O)nc(-c2ccc(F)cc2)c1C=O.CC=Cc1c(-c2ccc(F)cc2)nc(N(C)S(C)(=O)=O)nc1C(C)C. The lowest BCUT2D eigenvalue weighted by Gasteiger charge is -2.20. The Bertz CT molecular complexity index is 2050. The van der Waals surface area contributed by atoms with Gasteiger partial charge in [0.1, 0.15) is 11.6 Å². The van der Waals surface area contributed by atoms with Crippen LogP contribution in [0.15, 0.2) is 54.6 Å². The summed E-state index contributed by atoms with van der Waals surface area (Å²) in [5.74, 6) is -0.773. The number of aromatic nitrogens is 4. The Kier molecular flexibility index (Phi) is 12.5. The van der Waals surface area contributed by atoms with Crippen molar-refractivity contribution in [3.05, 3.63) is 88.8 Å². The number of anilines is 2. The van der Waals surface area contributed by atoms with Crippen molar-refractivity contribution in [1.29, 1.82) is 0 Å². The van der Waals surface area contributed by atoms with Gasteiger partial charge in [0, 0.05) is 30.8 Å². The molecule has 15 heteroatoms. The Balaban J connectivity index is 0.000000266. The monoisotopic (exact) mass is 714 g/mol. The van der Waals surface area contributed by atoms with Crippen LogP contribution in [0.3, 0.4) is 0 Å². The van der Waals surface area contributed by atoms with Crippen LogP contribution in [0.5, 0.6) is 0 Å². The lowest BCUT2D eigenvalue weighted by atomic mass is 9.98. The molecule has 0 spiro atoms. The van der Waals surface area contributed by atoms with Crippen molar-refractivity contribution in [2.24, 2.45) is 0 Å². The van der Waals surface area contributed by atoms with Gasteiger partial charge in [-0.3, -0.25) is 4.79 Å². The molecule has 49 heavy (non-hydrogen) atoms. The molecule has 2 aromatic carbocycles. The van der Waals surface area contributed by atoms with Gasteiger partial charge in [0.15, 0.2) is 6.29 Å². The van der Waals surface area contributed by atoms with E-state index in [-0.39, 0.29) is 40.8 Å². The number of benzene rings is 2. The molecule has 0 fully saturated rings. The Hall–Kier alpha value is -4.63. The topological polar surface area (TPSA) is 143 Å². The van der Waals surface area contributed by atoms with E-state index in [1.807, 2.05) is 46.8 Å². The molecule has 2 heterocycles. The van der Waals surface area contributed by atoms with Crippen LogP contribution in [0, 0.1) is 11.6 Å². The Morgan fingerprint density at radius 3 is 1.29 bits per heavy atom. The first-order valence-corrected chi connectivity index (χ1v) is 18.8. The van der Waals surface area contributed by atoms with Gasteiger partial charge in [0.2, 0.25) is 31.9 Å². The molecule has 0 saturated heterocycles. The van der Waals surface area contributed by atoms with Gasteiger partial charge in [-0.1, -0.05) is 39.8 Å². The molecule has 0 unspecified atom stereocenters. The highest BCUT2D eigenvalue weighted by Gasteiger charge is 2.24. The number of hydrogen-bond acceptors (Lipinski definition) is 9. The number of carbonyl (C=O) groups excluding carboxylic acids is 1. The number of halogens is 2. The molecule has 0 aliphatic heterocycles. The molecular formula is C34H40F2N6O5S2. The molecule has 0 saturated carbocycles. The van der Waals surface area contributed by atoms with E-state index in [0.717, 1.165) is 32.4 Å². The van der Waals surface area contributed by atoms with Crippen molar-refractivity contribution in [2.75, 3.05) is 35.2 Å². The van der Waals surface area contributed by atoms with E-state index in [0.29, 0.717) is 28.8 Å². The lowest BCUT2D eigenvalue weighted by Crippen LogP contribution is -2.27. The fraction of sp³-hybridized carbons (Fsp3) is 0.324. The molecule has 0 radical (unpaired) electrons. The Morgan fingerprint density at radius 2 is 0.980 bits per heavy atom. The Labute approximate surface area is 286 Å². The summed E-state index contributed by atoms with van der Waals surface area (Å²) < 4.78 is 75.8. The van der Waals surface area contributed by atoms with Crippen molar-refractivity contribution < 1.29 is 30.4 Å². The quantitative estimate of drug-likeness (QED) is 0.169. The van der Waals surface area contributed by atoms with Crippen molar-refractivity contribution in [3.63, 3.8) is 0 Å². The lowest BCUT2D eigenvalue weighted by molar-refractivity contribution is 0.112. The fourth-order valence-electron chi connectivity index (χ4n) is 4.51. The summed E-state index contributed by atoms with van der Waals surface area (Å²) in [6.07, 6.45) is 6.54. The second-order valence-electron chi connectivity index (χ2n) is 11.7. The van der Waals surface area contributed by atoms with Crippen molar-refractivity contribution in [1.82, 2.24) is 19.9 Å². The van der Waals surface area contributed by atoms with Gasteiger partial charge in [0.25, 0.3) is 0 Å². The predicted octanol–water partition coefficient (Wildman–Crippen LogP) is 6.45. The van der Waals surface area contributed by atoms with E-state index >= 15 is 0 Å². The van der Waals surface area contributed by atoms with Gasteiger partial charge in [-0.25, -0.2) is 54.2 Å². The van der Waals surface area contributed by atoms with E-state index in [1.54, 1.807) is 12.1 Å². The highest BCUT2D eigenvalue weighted by molar-refractivity contribution is 7.92. The minimum atomic E-state index is -3.56. The summed E-state index contributed by atoms with van der Waals surface area (Å²) in [4.78, 5) is 29.0. The van der Waals surface area contributed by atoms with Crippen LogP contribution < -0.4 is 8.61 Å². The molecule has 0 bridgehead atoms. The zero-order valence-corrected chi connectivity index (χ0v) is 30.4. The standard InChI is InChI=1S/C18H22FN3O2S.C16H18FN3O3S/c1-6-7-15-16(12(2)3)20-18(22(4)25(5,23)24)21-17(15)13-8-10-14(19)11-9-13;1-10(2)14-13(9-21)15(11-5-7-12(17)8-6-11)19-16(18-14)20(3)24(4,22)23/h6-12H,1-5H3;5-10H,1-4H3. The molecule has 0 aliphatic rings. The number of hydrogen-bond donors (Lipinski definition) is 0.